The Morgan fingerprint density at radius 1 is 1.27 bits per heavy atom. The summed E-state index contributed by atoms with van der Waals surface area (Å²) in [6.07, 6.45) is 5.01. The molecule has 4 rings (SSSR count). The van der Waals surface area contributed by atoms with Crippen LogP contribution in [0.15, 0.2) is 35.3 Å². The minimum Gasteiger partial charge on any atom is -0.351 e. The summed E-state index contributed by atoms with van der Waals surface area (Å²) in [5.41, 5.74) is 1.13. The molecule has 2 N–H and O–H groups in total. The molecule has 3 unspecified atom stereocenters. The van der Waals surface area contributed by atoms with Crippen molar-refractivity contribution in [3.05, 3.63) is 40.8 Å². The maximum absolute atomic E-state index is 12.7. The minimum absolute atomic E-state index is 0.0538. The minimum atomic E-state index is -0.265. The molecule has 6 nitrogen and oxygen atoms in total. The van der Waals surface area contributed by atoms with Crippen LogP contribution in [0.3, 0.4) is 0 Å². The van der Waals surface area contributed by atoms with Gasteiger partial charge in [0, 0.05) is 22.3 Å². The van der Waals surface area contributed by atoms with Crippen LogP contribution in [0.5, 0.6) is 0 Å². The normalized spacial score (nSPS) is 23.4. The maximum Gasteiger partial charge on any atom is 0.291 e. The zero-order valence-corrected chi connectivity index (χ0v) is 15.2. The smallest absolute Gasteiger partial charge is 0.291 e. The fourth-order valence-electron chi connectivity index (χ4n) is 4.06. The lowest BCUT2D eigenvalue weighted by atomic mass is 9.78. The van der Waals surface area contributed by atoms with Gasteiger partial charge >= 0.3 is 0 Å². The SMILES string of the molecule is CC1CCCC(NC(=O)Cn2ncc3c([nH]c4ccccc43)c2=O)C1C. The number of rotatable bonds is 3. The average molecular weight is 352 g/mol. The number of aromatic nitrogens is 3. The predicted molar refractivity (Wildman–Crippen MR) is 102 cm³/mol. The fourth-order valence-corrected chi connectivity index (χ4v) is 4.06. The molecule has 2 aromatic heterocycles. The van der Waals surface area contributed by atoms with Crippen molar-refractivity contribution in [2.75, 3.05) is 0 Å². The van der Waals surface area contributed by atoms with Crippen molar-refractivity contribution in [1.82, 2.24) is 20.1 Å². The van der Waals surface area contributed by atoms with Crippen LogP contribution in [-0.4, -0.2) is 26.7 Å². The van der Waals surface area contributed by atoms with E-state index in [1.165, 1.54) is 11.1 Å². The van der Waals surface area contributed by atoms with Gasteiger partial charge in [-0.15, -0.1) is 0 Å². The Labute approximate surface area is 151 Å². The van der Waals surface area contributed by atoms with Crippen LogP contribution in [0.4, 0.5) is 0 Å². The van der Waals surface area contributed by atoms with Gasteiger partial charge in [0.1, 0.15) is 12.1 Å². The van der Waals surface area contributed by atoms with E-state index in [-0.39, 0.29) is 24.1 Å². The zero-order chi connectivity index (χ0) is 18.3. The molecule has 0 aliphatic heterocycles. The number of H-pyrrole nitrogens is 1. The lowest BCUT2D eigenvalue weighted by molar-refractivity contribution is -0.123. The molecule has 3 aromatic rings. The van der Waals surface area contributed by atoms with Gasteiger partial charge in [0.25, 0.3) is 5.56 Å². The molecule has 136 valence electrons. The molecule has 6 heteroatoms. The first kappa shape index (κ1) is 16.8. The Bertz CT molecular complexity index is 1020. The summed E-state index contributed by atoms with van der Waals surface area (Å²) in [7, 11) is 0. The number of carbonyl (C=O) groups is 1. The van der Waals surface area contributed by atoms with Crippen LogP contribution < -0.4 is 10.9 Å². The Morgan fingerprint density at radius 3 is 2.92 bits per heavy atom. The van der Waals surface area contributed by atoms with Gasteiger partial charge in [0.05, 0.1) is 6.20 Å². The van der Waals surface area contributed by atoms with Gasteiger partial charge in [-0.05, 0) is 24.3 Å². The molecule has 0 radical (unpaired) electrons. The van der Waals surface area contributed by atoms with E-state index in [1.807, 2.05) is 24.3 Å². The summed E-state index contributed by atoms with van der Waals surface area (Å²) in [6.45, 7) is 4.37. The van der Waals surface area contributed by atoms with E-state index in [4.69, 9.17) is 0 Å². The largest absolute Gasteiger partial charge is 0.351 e. The number of nitrogens with one attached hydrogen (secondary N) is 2. The molecule has 1 aliphatic carbocycles. The molecule has 3 atom stereocenters. The lowest BCUT2D eigenvalue weighted by Crippen LogP contribution is -2.45. The third-order valence-electron chi connectivity index (χ3n) is 5.87. The molecule has 26 heavy (non-hydrogen) atoms. The van der Waals surface area contributed by atoms with Crippen LogP contribution in [0.2, 0.25) is 0 Å². The van der Waals surface area contributed by atoms with E-state index in [1.54, 1.807) is 6.20 Å². The Balaban J connectivity index is 1.57. The van der Waals surface area contributed by atoms with Gasteiger partial charge in [-0.1, -0.05) is 44.9 Å². The lowest BCUT2D eigenvalue weighted by Gasteiger charge is -2.34. The van der Waals surface area contributed by atoms with Crippen LogP contribution in [-0.2, 0) is 11.3 Å². The number of nitrogens with zero attached hydrogens (tertiary/aromatic N) is 2. The monoisotopic (exact) mass is 352 g/mol. The fraction of sp³-hybridized carbons (Fsp3) is 0.450. The highest BCUT2D eigenvalue weighted by molar-refractivity contribution is 6.06. The number of carbonyl (C=O) groups excluding carboxylic acids is 1. The molecular formula is C20H24N4O2. The van der Waals surface area contributed by atoms with Crippen LogP contribution in [0.1, 0.15) is 33.1 Å². The van der Waals surface area contributed by atoms with Crippen LogP contribution in [0.25, 0.3) is 21.8 Å². The number of hydrogen-bond donors (Lipinski definition) is 2. The second kappa shape index (κ2) is 6.59. The van der Waals surface area contributed by atoms with E-state index in [0.717, 1.165) is 29.1 Å². The highest BCUT2D eigenvalue weighted by Crippen LogP contribution is 2.29. The van der Waals surface area contributed by atoms with Crippen LogP contribution in [0, 0.1) is 11.8 Å². The molecule has 1 saturated carbocycles. The van der Waals surface area contributed by atoms with Crippen molar-refractivity contribution < 1.29 is 4.79 Å². The highest BCUT2D eigenvalue weighted by Gasteiger charge is 2.28. The van der Waals surface area contributed by atoms with Crippen molar-refractivity contribution in [3.8, 4) is 0 Å². The van der Waals surface area contributed by atoms with E-state index < -0.39 is 0 Å². The first-order valence-corrected chi connectivity index (χ1v) is 9.30. The van der Waals surface area contributed by atoms with E-state index in [0.29, 0.717) is 17.4 Å². The van der Waals surface area contributed by atoms with Crippen molar-refractivity contribution in [3.63, 3.8) is 0 Å². The van der Waals surface area contributed by atoms with Crippen molar-refractivity contribution in [2.45, 2.75) is 45.7 Å². The average Bonchev–Trinajstić information content (AvgIpc) is 3.01. The summed E-state index contributed by atoms with van der Waals surface area (Å²) in [4.78, 5) is 28.4. The molecular weight excluding hydrogens is 328 g/mol. The number of fused-ring (bicyclic) bond motifs is 3. The van der Waals surface area contributed by atoms with E-state index >= 15 is 0 Å². The van der Waals surface area contributed by atoms with Crippen LogP contribution >= 0.6 is 0 Å². The summed E-state index contributed by atoms with van der Waals surface area (Å²) < 4.78 is 1.24. The first-order valence-electron chi connectivity index (χ1n) is 9.30. The molecule has 1 fully saturated rings. The van der Waals surface area contributed by atoms with Gasteiger partial charge in [-0.25, -0.2) is 4.68 Å². The predicted octanol–water partition coefficient (Wildman–Crippen LogP) is 2.82. The summed E-state index contributed by atoms with van der Waals surface area (Å²) in [6, 6.07) is 7.92. The van der Waals surface area contributed by atoms with Gasteiger partial charge in [0.15, 0.2) is 0 Å². The summed E-state index contributed by atoms with van der Waals surface area (Å²) in [5.74, 6) is 0.909. The standard InChI is InChI=1S/C20H24N4O2/c1-12-6-5-9-16(13(12)2)22-18(25)11-24-20(26)19-15(10-21-24)14-7-3-4-8-17(14)23-19/h3-4,7-8,10,12-13,16,23H,5-6,9,11H2,1-2H3,(H,22,25). The van der Waals surface area contributed by atoms with Gasteiger partial charge in [-0.3, -0.25) is 9.59 Å². The second-order valence-corrected chi connectivity index (χ2v) is 7.51. The third kappa shape index (κ3) is 2.89. The van der Waals surface area contributed by atoms with Crippen molar-refractivity contribution >= 4 is 27.7 Å². The van der Waals surface area contributed by atoms with Gasteiger partial charge in [-0.2, -0.15) is 5.10 Å². The second-order valence-electron chi connectivity index (χ2n) is 7.51. The number of hydrogen-bond acceptors (Lipinski definition) is 3. The number of aromatic amines is 1. The molecule has 1 aliphatic rings. The van der Waals surface area contributed by atoms with Gasteiger partial charge < -0.3 is 10.3 Å². The molecule has 1 aromatic carbocycles. The van der Waals surface area contributed by atoms with E-state index in [9.17, 15) is 9.59 Å². The Kier molecular flexibility index (Phi) is 4.26. The summed E-state index contributed by atoms with van der Waals surface area (Å²) in [5, 5.41) is 9.07. The third-order valence-corrected chi connectivity index (χ3v) is 5.87. The summed E-state index contributed by atoms with van der Waals surface area (Å²) >= 11 is 0. The number of amides is 1. The van der Waals surface area contributed by atoms with Crippen molar-refractivity contribution in [1.29, 1.82) is 0 Å². The zero-order valence-electron chi connectivity index (χ0n) is 15.2. The van der Waals surface area contributed by atoms with Gasteiger partial charge in [0.2, 0.25) is 5.91 Å². The highest BCUT2D eigenvalue weighted by atomic mass is 16.2. The Hall–Kier alpha value is -2.63. The Morgan fingerprint density at radius 2 is 2.08 bits per heavy atom. The maximum atomic E-state index is 12.7. The molecule has 2 heterocycles. The van der Waals surface area contributed by atoms with Crippen molar-refractivity contribution in [2.24, 2.45) is 11.8 Å². The quantitative estimate of drug-likeness (QED) is 0.761. The molecule has 1 amide bonds. The first-order chi connectivity index (χ1) is 12.5. The molecule has 0 saturated heterocycles. The number of para-hydroxylation sites is 1. The number of benzene rings is 1. The molecule has 0 spiro atoms. The van der Waals surface area contributed by atoms with E-state index in [2.05, 4.69) is 29.2 Å². The molecule has 0 bridgehead atoms. The topological polar surface area (TPSA) is 79.8 Å².